The van der Waals surface area contributed by atoms with Crippen LogP contribution in [0, 0.1) is 5.82 Å². The summed E-state index contributed by atoms with van der Waals surface area (Å²) in [5.74, 6) is -0.166. The molecule has 0 unspecified atom stereocenters. The number of carbonyl (C=O) groups excluding carboxylic acids is 1. The lowest BCUT2D eigenvalue weighted by atomic mass is 9.94. The van der Waals surface area contributed by atoms with Crippen molar-refractivity contribution in [3.05, 3.63) is 102 Å². The van der Waals surface area contributed by atoms with Crippen molar-refractivity contribution >= 4 is 12.0 Å². The summed E-state index contributed by atoms with van der Waals surface area (Å²) in [4.78, 5) is 15.3. The number of rotatable bonds is 7. The van der Waals surface area contributed by atoms with E-state index in [-0.39, 0.29) is 17.8 Å². The number of halogens is 1. The molecule has 0 bridgehead atoms. The monoisotopic (exact) mass is 416 g/mol. The minimum Gasteiger partial charge on any atom is -0.345 e. The average molecular weight is 417 g/mol. The van der Waals surface area contributed by atoms with Crippen LogP contribution in [0.25, 0.3) is 6.08 Å². The van der Waals surface area contributed by atoms with E-state index in [1.165, 1.54) is 31.4 Å². The molecule has 0 atom stereocenters. The Kier molecular flexibility index (Phi) is 6.98. The van der Waals surface area contributed by atoms with Gasteiger partial charge in [0.2, 0.25) is 5.91 Å². The molecule has 4 heteroatoms. The zero-order chi connectivity index (χ0) is 21.5. The van der Waals surface area contributed by atoms with Gasteiger partial charge in [0.1, 0.15) is 5.82 Å². The van der Waals surface area contributed by atoms with E-state index >= 15 is 0 Å². The zero-order valence-corrected chi connectivity index (χ0v) is 17.8. The molecule has 1 saturated carbocycles. The maximum absolute atomic E-state index is 13.2. The fraction of sp³-hybridized carbons (Fsp3) is 0.296. The second kappa shape index (κ2) is 10.3. The van der Waals surface area contributed by atoms with Crippen molar-refractivity contribution in [1.82, 2.24) is 9.47 Å². The van der Waals surface area contributed by atoms with Gasteiger partial charge >= 0.3 is 0 Å². The molecule has 3 nitrogen and oxygen atoms in total. The fourth-order valence-electron chi connectivity index (χ4n) is 4.32. The summed E-state index contributed by atoms with van der Waals surface area (Å²) in [5.41, 5.74) is 3.16. The zero-order valence-electron chi connectivity index (χ0n) is 17.8. The number of aromatic nitrogens is 1. The lowest BCUT2D eigenvalue weighted by Crippen LogP contribution is -2.40. The van der Waals surface area contributed by atoms with Crippen molar-refractivity contribution in [2.24, 2.45) is 0 Å². The molecule has 31 heavy (non-hydrogen) atoms. The third-order valence-electron chi connectivity index (χ3n) is 6.04. The number of benzene rings is 2. The Balaban J connectivity index is 1.52. The molecule has 1 heterocycles. The maximum Gasteiger partial charge on any atom is 0.247 e. The molecule has 1 aliphatic rings. The first kappa shape index (κ1) is 21.1. The van der Waals surface area contributed by atoms with Gasteiger partial charge in [0.15, 0.2) is 0 Å². The highest BCUT2D eigenvalue weighted by molar-refractivity contribution is 5.92. The quantitative estimate of drug-likeness (QED) is 0.430. The van der Waals surface area contributed by atoms with Crippen LogP contribution in [0.15, 0.2) is 79.0 Å². The number of amides is 1. The van der Waals surface area contributed by atoms with Crippen molar-refractivity contribution in [1.29, 1.82) is 0 Å². The normalized spacial score (nSPS) is 14.7. The molecule has 0 N–H and O–H groups in total. The standard InChI is InChI=1S/C27H29FN2O/c28-24-16-13-23(14-17-24)20-29-19-7-12-26(29)21-30(25-10-5-2-6-11-25)27(31)18-15-22-8-3-1-4-9-22/h1,3-4,7-9,12-19,25H,2,5-6,10-11,20-21H2. The van der Waals surface area contributed by atoms with Gasteiger partial charge in [0.25, 0.3) is 0 Å². The fourth-order valence-corrected chi connectivity index (χ4v) is 4.32. The molecular weight excluding hydrogens is 387 g/mol. The number of hydrogen-bond donors (Lipinski definition) is 0. The van der Waals surface area contributed by atoms with Gasteiger partial charge in [0.05, 0.1) is 6.54 Å². The topological polar surface area (TPSA) is 25.2 Å². The van der Waals surface area contributed by atoms with Crippen molar-refractivity contribution in [2.75, 3.05) is 0 Å². The molecule has 1 amide bonds. The van der Waals surface area contributed by atoms with E-state index in [4.69, 9.17) is 0 Å². The molecule has 0 saturated heterocycles. The molecule has 2 aromatic carbocycles. The molecule has 0 spiro atoms. The Morgan fingerprint density at radius 2 is 1.71 bits per heavy atom. The second-order valence-corrected chi connectivity index (χ2v) is 8.26. The van der Waals surface area contributed by atoms with Crippen molar-refractivity contribution in [2.45, 2.75) is 51.2 Å². The van der Waals surface area contributed by atoms with Gasteiger partial charge in [-0.1, -0.05) is 61.7 Å². The van der Waals surface area contributed by atoms with Crippen LogP contribution >= 0.6 is 0 Å². The Labute approximate surface area is 183 Å². The van der Waals surface area contributed by atoms with Crippen LogP contribution in [-0.4, -0.2) is 21.4 Å². The largest absolute Gasteiger partial charge is 0.345 e. The second-order valence-electron chi connectivity index (χ2n) is 8.26. The molecule has 3 aromatic rings. The first-order valence-corrected chi connectivity index (χ1v) is 11.1. The first-order chi connectivity index (χ1) is 15.2. The predicted molar refractivity (Wildman–Crippen MR) is 123 cm³/mol. The van der Waals surface area contributed by atoms with Crippen molar-refractivity contribution in [3.8, 4) is 0 Å². The highest BCUT2D eigenvalue weighted by Gasteiger charge is 2.25. The Bertz CT molecular complexity index is 1000. The molecule has 1 fully saturated rings. The van der Waals surface area contributed by atoms with Crippen LogP contribution in [-0.2, 0) is 17.9 Å². The Hall–Kier alpha value is -3.14. The molecule has 4 rings (SSSR count). The third kappa shape index (κ3) is 5.72. The van der Waals surface area contributed by atoms with Crippen LogP contribution in [0.4, 0.5) is 4.39 Å². The number of carbonyl (C=O) groups is 1. The summed E-state index contributed by atoms with van der Waals surface area (Å²) in [6.45, 7) is 1.24. The minimum atomic E-state index is -0.226. The summed E-state index contributed by atoms with van der Waals surface area (Å²) in [5, 5.41) is 0. The van der Waals surface area contributed by atoms with Gasteiger partial charge in [-0.25, -0.2) is 4.39 Å². The summed E-state index contributed by atoms with van der Waals surface area (Å²) in [6, 6.07) is 20.9. The lowest BCUT2D eigenvalue weighted by Gasteiger charge is -2.34. The van der Waals surface area contributed by atoms with E-state index in [2.05, 4.69) is 10.6 Å². The van der Waals surface area contributed by atoms with Crippen molar-refractivity contribution in [3.63, 3.8) is 0 Å². The van der Waals surface area contributed by atoms with E-state index in [0.29, 0.717) is 13.1 Å². The van der Waals surface area contributed by atoms with Gasteiger partial charge in [-0.05, 0) is 54.3 Å². The highest BCUT2D eigenvalue weighted by atomic mass is 19.1. The maximum atomic E-state index is 13.2. The summed E-state index contributed by atoms with van der Waals surface area (Å²) >= 11 is 0. The molecule has 0 aliphatic heterocycles. The summed E-state index contributed by atoms with van der Waals surface area (Å²) < 4.78 is 15.4. The van der Waals surface area contributed by atoms with Crippen LogP contribution < -0.4 is 0 Å². The SMILES string of the molecule is O=C(C=Cc1ccccc1)N(Cc1cccn1Cc1ccc(F)cc1)C1CCCCC1. The molecule has 1 aromatic heterocycles. The van der Waals surface area contributed by atoms with Gasteiger partial charge in [-0.3, -0.25) is 4.79 Å². The molecular formula is C27H29FN2O. The van der Waals surface area contributed by atoms with E-state index in [1.54, 1.807) is 6.08 Å². The average Bonchev–Trinajstić information content (AvgIpc) is 3.25. The Morgan fingerprint density at radius 3 is 2.45 bits per heavy atom. The lowest BCUT2D eigenvalue weighted by molar-refractivity contribution is -0.129. The predicted octanol–water partition coefficient (Wildman–Crippen LogP) is 6.05. The van der Waals surface area contributed by atoms with E-state index in [9.17, 15) is 9.18 Å². The van der Waals surface area contributed by atoms with Gasteiger partial charge in [0, 0.05) is 30.6 Å². The minimum absolute atomic E-state index is 0.0604. The van der Waals surface area contributed by atoms with Crippen LogP contribution in [0.5, 0.6) is 0 Å². The smallest absolute Gasteiger partial charge is 0.247 e. The van der Waals surface area contributed by atoms with Crippen molar-refractivity contribution < 1.29 is 9.18 Å². The van der Waals surface area contributed by atoms with Gasteiger partial charge in [-0.2, -0.15) is 0 Å². The van der Waals surface area contributed by atoms with E-state index < -0.39 is 0 Å². The van der Waals surface area contributed by atoms with E-state index in [1.807, 2.05) is 65.7 Å². The van der Waals surface area contributed by atoms with Gasteiger partial charge < -0.3 is 9.47 Å². The summed E-state index contributed by atoms with van der Waals surface area (Å²) in [6.07, 6.45) is 11.3. The van der Waals surface area contributed by atoms with Crippen LogP contribution in [0.1, 0.15) is 48.9 Å². The highest BCUT2D eigenvalue weighted by Crippen LogP contribution is 2.25. The molecule has 0 radical (unpaired) electrons. The third-order valence-corrected chi connectivity index (χ3v) is 6.04. The van der Waals surface area contributed by atoms with E-state index in [0.717, 1.165) is 29.7 Å². The van der Waals surface area contributed by atoms with Gasteiger partial charge in [-0.15, -0.1) is 0 Å². The van der Waals surface area contributed by atoms with Crippen LogP contribution in [0.3, 0.4) is 0 Å². The molecule has 1 aliphatic carbocycles. The Morgan fingerprint density at radius 1 is 0.968 bits per heavy atom. The first-order valence-electron chi connectivity index (χ1n) is 11.1. The van der Waals surface area contributed by atoms with Crippen LogP contribution in [0.2, 0.25) is 0 Å². The summed E-state index contributed by atoms with van der Waals surface area (Å²) in [7, 11) is 0. The molecule has 160 valence electrons. The number of hydrogen-bond acceptors (Lipinski definition) is 1. The number of nitrogens with zero attached hydrogens (tertiary/aromatic N) is 2.